The summed E-state index contributed by atoms with van der Waals surface area (Å²) in [5.74, 6) is 3.09. The summed E-state index contributed by atoms with van der Waals surface area (Å²) < 4.78 is 0. The van der Waals surface area contributed by atoms with Crippen LogP contribution in [-0.2, 0) is 4.79 Å². The lowest BCUT2D eigenvalue weighted by atomic mass is 10.1. The van der Waals surface area contributed by atoms with E-state index < -0.39 is 0 Å². The molecule has 2 rings (SSSR count). The van der Waals surface area contributed by atoms with Crippen LogP contribution in [0.25, 0.3) is 0 Å². The van der Waals surface area contributed by atoms with Gasteiger partial charge in [0.1, 0.15) is 0 Å². The number of rotatable bonds is 4. The highest BCUT2D eigenvalue weighted by Gasteiger charge is 2.27. The highest BCUT2D eigenvalue weighted by Crippen LogP contribution is 2.17. The van der Waals surface area contributed by atoms with Crippen molar-refractivity contribution in [3.05, 3.63) is 0 Å². The summed E-state index contributed by atoms with van der Waals surface area (Å²) in [6.07, 6.45) is 12.5. The van der Waals surface area contributed by atoms with Crippen LogP contribution in [-0.4, -0.2) is 48.4 Å². The van der Waals surface area contributed by atoms with Crippen molar-refractivity contribution in [2.45, 2.75) is 38.5 Å². The second kappa shape index (κ2) is 6.80. The van der Waals surface area contributed by atoms with Crippen molar-refractivity contribution in [2.24, 2.45) is 5.92 Å². The lowest BCUT2D eigenvalue weighted by Crippen LogP contribution is -2.31. The van der Waals surface area contributed by atoms with Gasteiger partial charge in [0.2, 0.25) is 5.91 Å². The van der Waals surface area contributed by atoms with Gasteiger partial charge in [-0.3, -0.25) is 4.79 Å². The first-order valence-electron chi connectivity index (χ1n) is 7.26. The molecule has 0 aliphatic carbocycles. The molecule has 1 unspecified atom stereocenters. The van der Waals surface area contributed by atoms with E-state index in [9.17, 15) is 4.79 Å². The zero-order valence-corrected chi connectivity index (χ0v) is 11.2. The summed E-state index contributed by atoms with van der Waals surface area (Å²) in [5.41, 5.74) is 0. The van der Waals surface area contributed by atoms with Gasteiger partial charge >= 0.3 is 0 Å². The van der Waals surface area contributed by atoms with Gasteiger partial charge in [-0.1, -0.05) is 12.8 Å². The molecule has 100 valence electrons. The fraction of sp³-hybridized carbons (Fsp3) is 0.800. The molecule has 0 bridgehead atoms. The number of terminal acetylenes is 1. The SMILES string of the molecule is C#CC1CC(=O)N(CCCN2CCCCCC2)C1. The van der Waals surface area contributed by atoms with Crippen LogP contribution in [0.5, 0.6) is 0 Å². The van der Waals surface area contributed by atoms with Gasteiger partial charge in [-0.25, -0.2) is 0 Å². The van der Waals surface area contributed by atoms with Crippen molar-refractivity contribution in [1.29, 1.82) is 0 Å². The number of likely N-dealkylation sites (tertiary alicyclic amines) is 2. The van der Waals surface area contributed by atoms with Crippen LogP contribution in [0.3, 0.4) is 0 Å². The van der Waals surface area contributed by atoms with E-state index in [0.717, 1.165) is 26.1 Å². The third-order valence-electron chi connectivity index (χ3n) is 4.05. The quantitative estimate of drug-likeness (QED) is 0.707. The molecule has 0 aromatic heterocycles. The fourth-order valence-corrected chi connectivity index (χ4v) is 2.94. The standard InChI is InChI=1S/C15H24N2O/c1-2-14-12-15(18)17(13-14)11-7-10-16-8-5-3-4-6-9-16/h1,14H,3-13H2. The Bertz CT molecular complexity index is 313. The molecule has 0 aromatic rings. The number of amides is 1. The monoisotopic (exact) mass is 248 g/mol. The largest absolute Gasteiger partial charge is 0.341 e. The van der Waals surface area contributed by atoms with Gasteiger partial charge in [-0.15, -0.1) is 12.3 Å². The van der Waals surface area contributed by atoms with E-state index in [4.69, 9.17) is 6.42 Å². The Morgan fingerprint density at radius 3 is 2.50 bits per heavy atom. The molecule has 0 saturated carbocycles. The summed E-state index contributed by atoms with van der Waals surface area (Å²) in [7, 11) is 0. The van der Waals surface area contributed by atoms with Crippen molar-refractivity contribution in [2.75, 3.05) is 32.7 Å². The zero-order valence-electron chi connectivity index (χ0n) is 11.2. The average Bonchev–Trinajstić information content (AvgIpc) is 2.58. The first kappa shape index (κ1) is 13.4. The Hall–Kier alpha value is -1.01. The second-order valence-corrected chi connectivity index (χ2v) is 5.52. The average molecular weight is 248 g/mol. The van der Waals surface area contributed by atoms with Crippen molar-refractivity contribution < 1.29 is 4.79 Å². The van der Waals surface area contributed by atoms with E-state index in [1.54, 1.807) is 0 Å². The molecule has 2 aliphatic rings. The molecule has 3 nitrogen and oxygen atoms in total. The maximum absolute atomic E-state index is 11.7. The Balaban J connectivity index is 1.66. The number of carbonyl (C=O) groups is 1. The van der Waals surface area contributed by atoms with E-state index in [2.05, 4.69) is 10.8 Å². The zero-order chi connectivity index (χ0) is 12.8. The molecule has 1 atom stereocenters. The molecular formula is C15H24N2O. The molecule has 2 fully saturated rings. The smallest absolute Gasteiger partial charge is 0.223 e. The second-order valence-electron chi connectivity index (χ2n) is 5.52. The van der Waals surface area contributed by atoms with Gasteiger partial charge in [0.15, 0.2) is 0 Å². The van der Waals surface area contributed by atoms with Gasteiger partial charge in [0.25, 0.3) is 0 Å². The molecule has 18 heavy (non-hydrogen) atoms. The van der Waals surface area contributed by atoms with Crippen molar-refractivity contribution >= 4 is 5.91 Å². The molecule has 1 amide bonds. The van der Waals surface area contributed by atoms with E-state index in [1.165, 1.54) is 38.8 Å². The van der Waals surface area contributed by atoms with Gasteiger partial charge in [0.05, 0.1) is 0 Å². The molecule has 2 saturated heterocycles. The Morgan fingerprint density at radius 1 is 1.17 bits per heavy atom. The summed E-state index contributed by atoms with van der Waals surface area (Å²) in [4.78, 5) is 16.2. The van der Waals surface area contributed by atoms with Gasteiger partial charge in [0, 0.05) is 25.4 Å². The highest BCUT2D eigenvalue weighted by molar-refractivity contribution is 5.79. The Morgan fingerprint density at radius 2 is 1.89 bits per heavy atom. The molecule has 2 aliphatic heterocycles. The predicted octanol–water partition coefficient (Wildman–Crippen LogP) is 1.73. The third-order valence-corrected chi connectivity index (χ3v) is 4.05. The van der Waals surface area contributed by atoms with E-state index >= 15 is 0 Å². The summed E-state index contributed by atoms with van der Waals surface area (Å²) >= 11 is 0. The van der Waals surface area contributed by atoms with Crippen LogP contribution >= 0.6 is 0 Å². The van der Waals surface area contributed by atoms with Crippen LogP contribution in [0, 0.1) is 18.3 Å². The minimum absolute atomic E-state index is 0.149. The first-order valence-corrected chi connectivity index (χ1v) is 7.26. The molecule has 0 spiro atoms. The highest BCUT2D eigenvalue weighted by atomic mass is 16.2. The van der Waals surface area contributed by atoms with E-state index in [-0.39, 0.29) is 11.8 Å². The van der Waals surface area contributed by atoms with Crippen LogP contribution in [0.2, 0.25) is 0 Å². The fourth-order valence-electron chi connectivity index (χ4n) is 2.94. The van der Waals surface area contributed by atoms with Crippen molar-refractivity contribution in [3.63, 3.8) is 0 Å². The van der Waals surface area contributed by atoms with Crippen molar-refractivity contribution in [1.82, 2.24) is 9.80 Å². The minimum atomic E-state index is 0.149. The van der Waals surface area contributed by atoms with Gasteiger partial charge in [-0.05, 0) is 38.9 Å². The van der Waals surface area contributed by atoms with E-state index in [1.807, 2.05) is 4.90 Å². The number of nitrogens with zero attached hydrogens (tertiary/aromatic N) is 2. The van der Waals surface area contributed by atoms with E-state index in [0.29, 0.717) is 6.42 Å². The lowest BCUT2D eigenvalue weighted by molar-refractivity contribution is -0.127. The normalized spacial score (nSPS) is 26.1. The maximum Gasteiger partial charge on any atom is 0.223 e. The molecule has 2 heterocycles. The molecule has 3 heteroatoms. The molecule has 0 radical (unpaired) electrons. The van der Waals surface area contributed by atoms with Crippen LogP contribution in [0.4, 0.5) is 0 Å². The lowest BCUT2D eigenvalue weighted by Gasteiger charge is -2.22. The predicted molar refractivity (Wildman–Crippen MR) is 73.0 cm³/mol. The summed E-state index contributed by atoms with van der Waals surface area (Å²) in [6, 6.07) is 0. The van der Waals surface area contributed by atoms with Gasteiger partial charge in [-0.2, -0.15) is 0 Å². The minimum Gasteiger partial charge on any atom is -0.341 e. The first-order chi connectivity index (χ1) is 8.79. The van der Waals surface area contributed by atoms with Crippen molar-refractivity contribution in [3.8, 4) is 12.3 Å². The summed E-state index contributed by atoms with van der Waals surface area (Å²) in [5, 5.41) is 0. The Labute approximate surface area is 111 Å². The number of carbonyl (C=O) groups excluding carboxylic acids is 1. The number of hydrogen-bond donors (Lipinski definition) is 0. The maximum atomic E-state index is 11.7. The van der Waals surface area contributed by atoms with Gasteiger partial charge < -0.3 is 9.80 Å². The topological polar surface area (TPSA) is 23.6 Å². The van der Waals surface area contributed by atoms with Crippen LogP contribution < -0.4 is 0 Å². The van der Waals surface area contributed by atoms with Crippen LogP contribution in [0.1, 0.15) is 38.5 Å². The number of hydrogen-bond acceptors (Lipinski definition) is 2. The molecular weight excluding hydrogens is 224 g/mol. The Kier molecular flexibility index (Phi) is 5.07. The van der Waals surface area contributed by atoms with Crippen LogP contribution in [0.15, 0.2) is 0 Å². The molecule has 0 N–H and O–H groups in total. The molecule has 0 aromatic carbocycles. The summed E-state index contributed by atoms with van der Waals surface area (Å²) in [6.45, 7) is 5.26. The third kappa shape index (κ3) is 3.74.